The Hall–Kier alpha value is -0.620. The summed E-state index contributed by atoms with van der Waals surface area (Å²) in [6.45, 7) is 2.21. The standard InChI is InChI=1S/C9H18N2O3S/c1-7(10)5-15(13,14)6-9(12)11-4-8-2-3-8/h7-8H,2-6,10H2,1H3,(H,11,12). The molecule has 1 atom stereocenters. The number of hydrogen-bond donors (Lipinski definition) is 2. The predicted octanol–water partition coefficient (Wildman–Crippen LogP) is -0.725. The number of nitrogens with two attached hydrogens (primary N) is 1. The van der Waals surface area contributed by atoms with Crippen molar-refractivity contribution >= 4 is 15.7 Å². The van der Waals surface area contributed by atoms with Gasteiger partial charge in [0, 0.05) is 12.6 Å². The molecular formula is C9H18N2O3S. The maximum Gasteiger partial charge on any atom is 0.235 e. The average Bonchev–Trinajstić information content (AvgIpc) is 2.79. The van der Waals surface area contributed by atoms with E-state index in [-0.39, 0.29) is 5.75 Å². The lowest BCUT2D eigenvalue weighted by molar-refractivity contribution is -0.118. The molecule has 0 radical (unpaired) electrons. The number of rotatable bonds is 6. The third-order valence-corrected chi connectivity index (χ3v) is 3.89. The third kappa shape index (κ3) is 5.74. The molecule has 0 saturated heterocycles. The van der Waals surface area contributed by atoms with Crippen molar-refractivity contribution in [1.82, 2.24) is 5.32 Å². The number of carbonyl (C=O) groups is 1. The second-order valence-corrected chi connectivity index (χ2v) is 6.39. The van der Waals surface area contributed by atoms with Crippen molar-refractivity contribution in [3.63, 3.8) is 0 Å². The van der Waals surface area contributed by atoms with Gasteiger partial charge >= 0.3 is 0 Å². The Balaban J connectivity index is 2.28. The zero-order valence-corrected chi connectivity index (χ0v) is 9.72. The van der Waals surface area contributed by atoms with Crippen molar-refractivity contribution in [1.29, 1.82) is 0 Å². The van der Waals surface area contributed by atoms with Crippen molar-refractivity contribution in [3.8, 4) is 0 Å². The molecule has 3 N–H and O–H groups in total. The van der Waals surface area contributed by atoms with Crippen LogP contribution in [0.15, 0.2) is 0 Å². The van der Waals surface area contributed by atoms with Gasteiger partial charge in [-0.2, -0.15) is 0 Å². The summed E-state index contributed by atoms with van der Waals surface area (Å²) in [6, 6.07) is -0.425. The molecule has 6 heteroatoms. The molecule has 1 unspecified atom stereocenters. The van der Waals surface area contributed by atoms with Crippen molar-refractivity contribution in [3.05, 3.63) is 0 Å². The number of carbonyl (C=O) groups excluding carboxylic acids is 1. The first-order chi connectivity index (χ1) is 6.89. The van der Waals surface area contributed by atoms with Crippen LogP contribution in [-0.4, -0.2) is 38.4 Å². The Labute approximate surface area is 90.3 Å². The van der Waals surface area contributed by atoms with Crippen LogP contribution in [0.5, 0.6) is 0 Å². The molecular weight excluding hydrogens is 216 g/mol. The molecule has 1 aliphatic carbocycles. The first kappa shape index (κ1) is 12.4. The number of amides is 1. The van der Waals surface area contributed by atoms with E-state index in [0.29, 0.717) is 12.5 Å². The van der Waals surface area contributed by atoms with Gasteiger partial charge in [-0.1, -0.05) is 0 Å². The molecule has 1 aliphatic rings. The highest BCUT2D eigenvalue weighted by molar-refractivity contribution is 7.92. The van der Waals surface area contributed by atoms with E-state index in [1.165, 1.54) is 0 Å². The van der Waals surface area contributed by atoms with Crippen molar-refractivity contribution < 1.29 is 13.2 Å². The SMILES string of the molecule is CC(N)CS(=O)(=O)CC(=O)NCC1CC1. The molecule has 0 aromatic carbocycles. The van der Waals surface area contributed by atoms with E-state index in [1.54, 1.807) is 6.92 Å². The van der Waals surface area contributed by atoms with E-state index in [1.807, 2.05) is 0 Å². The van der Waals surface area contributed by atoms with Gasteiger partial charge in [0.15, 0.2) is 9.84 Å². The molecule has 5 nitrogen and oxygen atoms in total. The molecule has 1 amide bonds. The van der Waals surface area contributed by atoms with E-state index >= 15 is 0 Å². The molecule has 1 saturated carbocycles. The van der Waals surface area contributed by atoms with Crippen LogP contribution < -0.4 is 11.1 Å². The van der Waals surface area contributed by atoms with Gasteiger partial charge in [0.05, 0.1) is 5.75 Å². The minimum atomic E-state index is -3.34. The summed E-state index contributed by atoms with van der Waals surface area (Å²) in [4.78, 5) is 11.2. The van der Waals surface area contributed by atoms with Crippen LogP contribution in [0.2, 0.25) is 0 Å². The molecule has 88 valence electrons. The van der Waals surface area contributed by atoms with Crippen LogP contribution in [-0.2, 0) is 14.6 Å². The molecule has 0 heterocycles. The van der Waals surface area contributed by atoms with Gasteiger partial charge in [-0.3, -0.25) is 4.79 Å². The number of hydrogen-bond acceptors (Lipinski definition) is 4. The van der Waals surface area contributed by atoms with E-state index in [2.05, 4.69) is 5.32 Å². The molecule has 0 aliphatic heterocycles. The van der Waals surface area contributed by atoms with E-state index in [0.717, 1.165) is 12.8 Å². The summed E-state index contributed by atoms with van der Waals surface area (Å²) >= 11 is 0. The van der Waals surface area contributed by atoms with Crippen LogP contribution in [0.1, 0.15) is 19.8 Å². The van der Waals surface area contributed by atoms with Crippen molar-refractivity contribution in [2.45, 2.75) is 25.8 Å². The van der Waals surface area contributed by atoms with Crippen LogP contribution in [0.25, 0.3) is 0 Å². The monoisotopic (exact) mass is 234 g/mol. The normalized spacial score (nSPS) is 18.5. The number of nitrogens with one attached hydrogen (secondary N) is 1. The first-order valence-corrected chi connectivity index (χ1v) is 6.94. The molecule has 0 bridgehead atoms. The fourth-order valence-corrected chi connectivity index (χ4v) is 2.71. The lowest BCUT2D eigenvalue weighted by Crippen LogP contribution is -2.36. The molecule has 0 aromatic rings. The highest BCUT2D eigenvalue weighted by atomic mass is 32.2. The smallest absolute Gasteiger partial charge is 0.235 e. The maximum atomic E-state index is 11.4. The molecule has 1 fully saturated rings. The van der Waals surface area contributed by atoms with Gasteiger partial charge in [0.2, 0.25) is 5.91 Å². The Morgan fingerprint density at radius 2 is 2.13 bits per heavy atom. The van der Waals surface area contributed by atoms with Crippen molar-refractivity contribution in [2.75, 3.05) is 18.1 Å². The molecule has 0 spiro atoms. The van der Waals surface area contributed by atoms with Gasteiger partial charge in [-0.25, -0.2) is 8.42 Å². The van der Waals surface area contributed by atoms with Crippen molar-refractivity contribution in [2.24, 2.45) is 11.7 Å². The summed E-state index contributed by atoms with van der Waals surface area (Å²) in [6.07, 6.45) is 2.26. The zero-order chi connectivity index (χ0) is 11.5. The maximum absolute atomic E-state index is 11.4. The highest BCUT2D eigenvalue weighted by Gasteiger charge is 2.23. The fourth-order valence-electron chi connectivity index (χ4n) is 1.29. The second kappa shape index (κ2) is 4.94. The van der Waals surface area contributed by atoms with E-state index in [4.69, 9.17) is 5.73 Å². The lowest BCUT2D eigenvalue weighted by Gasteiger charge is -2.07. The Morgan fingerprint density at radius 3 is 2.60 bits per heavy atom. The number of sulfone groups is 1. The fraction of sp³-hybridized carbons (Fsp3) is 0.889. The zero-order valence-electron chi connectivity index (χ0n) is 8.90. The summed E-state index contributed by atoms with van der Waals surface area (Å²) in [5.74, 6) is -0.432. The molecule has 15 heavy (non-hydrogen) atoms. The molecule has 1 rings (SSSR count). The largest absolute Gasteiger partial charge is 0.355 e. The van der Waals surface area contributed by atoms with Gasteiger partial charge in [-0.15, -0.1) is 0 Å². The highest BCUT2D eigenvalue weighted by Crippen LogP contribution is 2.27. The summed E-state index contributed by atoms with van der Waals surface area (Å²) in [7, 11) is -3.34. The van der Waals surface area contributed by atoms with Crippen LogP contribution in [0, 0.1) is 5.92 Å². The second-order valence-electron chi connectivity index (χ2n) is 4.28. The minimum absolute atomic E-state index is 0.135. The van der Waals surface area contributed by atoms with Crippen LogP contribution in [0.4, 0.5) is 0 Å². The van der Waals surface area contributed by atoms with Gasteiger partial charge in [-0.05, 0) is 25.7 Å². The Bertz CT molecular complexity index is 320. The first-order valence-electron chi connectivity index (χ1n) is 5.12. The summed E-state index contributed by atoms with van der Waals surface area (Å²) in [5, 5.41) is 2.62. The van der Waals surface area contributed by atoms with E-state index < -0.39 is 27.5 Å². The third-order valence-electron chi connectivity index (χ3n) is 2.15. The summed E-state index contributed by atoms with van der Waals surface area (Å²) < 4.78 is 22.7. The van der Waals surface area contributed by atoms with Gasteiger partial charge < -0.3 is 11.1 Å². The quantitative estimate of drug-likeness (QED) is 0.634. The molecule has 0 aromatic heterocycles. The topological polar surface area (TPSA) is 89.3 Å². The van der Waals surface area contributed by atoms with Gasteiger partial charge in [0.1, 0.15) is 5.75 Å². The lowest BCUT2D eigenvalue weighted by atomic mass is 10.4. The van der Waals surface area contributed by atoms with Crippen LogP contribution >= 0.6 is 0 Å². The van der Waals surface area contributed by atoms with Crippen LogP contribution in [0.3, 0.4) is 0 Å². The minimum Gasteiger partial charge on any atom is -0.355 e. The summed E-state index contributed by atoms with van der Waals surface area (Å²) in [5.41, 5.74) is 5.38. The van der Waals surface area contributed by atoms with Gasteiger partial charge in [0.25, 0.3) is 0 Å². The van der Waals surface area contributed by atoms with E-state index in [9.17, 15) is 13.2 Å². The average molecular weight is 234 g/mol. The predicted molar refractivity (Wildman–Crippen MR) is 58.0 cm³/mol. The Morgan fingerprint density at radius 1 is 1.53 bits per heavy atom. The Kier molecular flexibility index (Phi) is 4.10.